The summed E-state index contributed by atoms with van der Waals surface area (Å²) in [5.41, 5.74) is 0.175. The van der Waals surface area contributed by atoms with Crippen molar-refractivity contribution in [2.75, 3.05) is 19.7 Å². The maximum Gasteiger partial charge on any atom is 0.255 e. The first-order valence-corrected chi connectivity index (χ1v) is 9.61. The maximum absolute atomic E-state index is 12.5. The fourth-order valence-corrected chi connectivity index (χ4v) is 4.20. The first kappa shape index (κ1) is 17.3. The van der Waals surface area contributed by atoms with Crippen LogP contribution in [0.3, 0.4) is 0 Å². The van der Waals surface area contributed by atoms with Gasteiger partial charge in [-0.15, -0.1) is 0 Å². The quantitative estimate of drug-likeness (QED) is 0.867. The summed E-state index contributed by atoms with van der Waals surface area (Å²) in [6.07, 6.45) is 5.35. The van der Waals surface area contributed by atoms with Gasteiger partial charge in [-0.3, -0.25) is 9.59 Å². The van der Waals surface area contributed by atoms with E-state index < -0.39 is 5.60 Å². The summed E-state index contributed by atoms with van der Waals surface area (Å²) in [6.45, 7) is 1.90. The zero-order valence-electron chi connectivity index (χ0n) is 15.0. The van der Waals surface area contributed by atoms with Gasteiger partial charge < -0.3 is 20.1 Å². The highest BCUT2D eigenvalue weighted by Gasteiger charge is 2.41. The molecular weight excluding hydrogens is 332 g/mol. The van der Waals surface area contributed by atoms with E-state index in [1.807, 2.05) is 18.2 Å². The highest BCUT2D eigenvalue weighted by molar-refractivity contribution is 5.97. The van der Waals surface area contributed by atoms with Gasteiger partial charge in [0.05, 0.1) is 18.2 Å². The zero-order chi connectivity index (χ0) is 18.0. The minimum Gasteiger partial charge on any atom is -0.485 e. The highest BCUT2D eigenvalue weighted by atomic mass is 16.5. The molecule has 6 nitrogen and oxygen atoms in total. The number of nitrogens with one attached hydrogen (secondary N) is 2. The molecule has 1 unspecified atom stereocenters. The summed E-state index contributed by atoms with van der Waals surface area (Å²) in [5, 5.41) is 6.03. The second-order valence-electron chi connectivity index (χ2n) is 7.62. The normalized spacial score (nSPS) is 30.8. The van der Waals surface area contributed by atoms with Crippen LogP contribution < -0.4 is 15.4 Å². The molecular formula is C20H26N2O4. The minimum atomic E-state index is -0.409. The molecule has 2 aliphatic heterocycles. The van der Waals surface area contributed by atoms with E-state index in [0.717, 1.165) is 45.1 Å². The molecule has 1 saturated heterocycles. The number of fused-ring (bicyclic) bond motifs is 1. The van der Waals surface area contributed by atoms with E-state index in [2.05, 4.69) is 10.6 Å². The van der Waals surface area contributed by atoms with E-state index in [1.165, 1.54) is 0 Å². The van der Waals surface area contributed by atoms with Crippen LogP contribution in [-0.2, 0) is 9.53 Å². The number of carbonyl (C=O) groups is 2. The molecule has 2 N–H and O–H groups in total. The number of hydrogen-bond acceptors (Lipinski definition) is 4. The van der Waals surface area contributed by atoms with Crippen molar-refractivity contribution in [2.45, 2.75) is 50.2 Å². The Morgan fingerprint density at radius 3 is 2.81 bits per heavy atom. The SMILES string of the molecule is O=C1NCC2(CCC(C(=O)NCC3CCCO3)CC2)Oc2ccccc21. The molecule has 2 fully saturated rings. The van der Waals surface area contributed by atoms with Crippen LogP contribution in [0.25, 0.3) is 0 Å². The number of benzene rings is 1. The Balaban J connectivity index is 1.35. The van der Waals surface area contributed by atoms with Gasteiger partial charge in [-0.25, -0.2) is 0 Å². The lowest BCUT2D eigenvalue weighted by Crippen LogP contribution is -2.49. The van der Waals surface area contributed by atoms with Crippen LogP contribution in [0.2, 0.25) is 0 Å². The topological polar surface area (TPSA) is 76.7 Å². The average Bonchev–Trinajstić information content (AvgIpc) is 3.14. The van der Waals surface area contributed by atoms with Crippen molar-refractivity contribution in [1.29, 1.82) is 0 Å². The van der Waals surface area contributed by atoms with E-state index in [9.17, 15) is 9.59 Å². The van der Waals surface area contributed by atoms with Crippen molar-refractivity contribution in [1.82, 2.24) is 10.6 Å². The van der Waals surface area contributed by atoms with Gasteiger partial charge in [0.2, 0.25) is 5.91 Å². The van der Waals surface area contributed by atoms with Crippen molar-refractivity contribution in [3.05, 3.63) is 29.8 Å². The molecule has 0 aromatic heterocycles. The summed E-state index contributed by atoms with van der Waals surface area (Å²) in [6, 6.07) is 7.36. The lowest BCUT2D eigenvalue weighted by molar-refractivity contribution is -0.127. The Kier molecular flexibility index (Phi) is 4.85. The fraction of sp³-hybridized carbons (Fsp3) is 0.600. The molecule has 140 valence electrons. The van der Waals surface area contributed by atoms with Crippen molar-refractivity contribution in [2.24, 2.45) is 5.92 Å². The molecule has 1 saturated carbocycles. The Morgan fingerprint density at radius 2 is 2.04 bits per heavy atom. The smallest absolute Gasteiger partial charge is 0.255 e. The van der Waals surface area contributed by atoms with Gasteiger partial charge >= 0.3 is 0 Å². The Morgan fingerprint density at radius 1 is 1.23 bits per heavy atom. The molecule has 0 bridgehead atoms. The molecule has 1 aliphatic carbocycles. The number of para-hydroxylation sites is 1. The van der Waals surface area contributed by atoms with Crippen LogP contribution in [0.1, 0.15) is 48.9 Å². The van der Waals surface area contributed by atoms with Crippen LogP contribution in [0, 0.1) is 5.92 Å². The molecule has 6 heteroatoms. The van der Waals surface area contributed by atoms with Gasteiger partial charge in [-0.1, -0.05) is 12.1 Å². The van der Waals surface area contributed by atoms with Crippen molar-refractivity contribution in [3.63, 3.8) is 0 Å². The Bertz CT molecular complexity index is 676. The Labute approximate surface area is 153 Å². The van der Waals surface area contributed by atoms with Gasteiger partial charge in [0.25, 0.3) is 5.91 Å². The van der Waals surface area contributed by atoms with Gasteiger partial charge in [0.15, 0.2) is 0 Å². The van der Waals surface area contributed by atoms with E-state index >= 15 is 0 Å². The highest BCUT2D eigenvalue weighted by Crippen LogP contribution is 2.38. The molecule has 1 spiro atoms. The predicted molar refractivity (Wildman–Crippen MR) is 96.1 cm³/mol. The number of amides is 2. The molecule has 1 aromatic carbocycles. The second kappa shape index (κ2) is 7.27. The first-order valence-electron chi connectivity index (χ1n) is 9.61. The minimum absolute atomic E-state index is 0.0137. The lowest BCUT2D eigenvalue weighted by atomic mass is 9.78. The van der Waals surface area contributed by atoms with Crippen LogP contribution in [0.15, 0.2) is 24.3 Å². The van der Waals surface area contributed by atoms with E-state index in [-0.39, 0.29) is 23.8 Å². The van der Waals surface area contributed by atoms with Crippen molar-refractivity contribution >= 4 is 11.8 Å². The largest absolute Gasteiger partial charge is 0.485 e. The molecule has 0 radical (unpaired) electrons. The lowest BCUT2D eigenvalue weighted by Gasteiger charge is -2.39. The summed E-state index contributed by atoms with van der Waals surface area (Å²) >= 11 is 0. The van der Waals surface area contributed by atoms with Crippen LogP contribution in [0.5, 0.6) is 5.75 Å². The molecule has 1 aromatic rings. The summed E-state index contributed by atoms with van der Waals surface area (Å²) < 4.78 is 11.9. The number of ether oxygens (including phenoxy) is 2. The number of hydrogen-bond donors (Lipinski definition) is 2. The Hall–Kier alpha value is -2.08. The molecule has 2 heterocycles. The summed E-state index contributed by atoms with van der Waals surface area (Å²) in [7, 11) is 0. The van der Waals surface area contributed by atoms with Crippen LogP contribution >= 0.6 is 0 Å². The molecule has 26 heavy (non-hydrogen) atoms. The van der Waals surface area contributed by atoms with Crippen LogP contribution in [0.4, 0.5) is 0 Å². The third-order valence-electron chi connectivity index (χ3n) is 5.82. The second-order valence-corrected chi connectivity index (χ2v) is 7.62. The predicted octanol–water partition coefficient (Wildman–Crippen LogP) is 2.03. The van der Waals surface area contributed by atoms with Gasteiger partial charge in [0.1, 0.15) is 11.4 Å². The summed E-state index contributed by atoms with van der Waals surface area (Å²) in [5.74, 6) is 0.686. The average molecular weight is 358 g/mol. The van der Waals surface area contributed by atoms with Crippen molar-refractivity contribution in [3.8, 4) is 5.75 Å². The monoisotopic (exact) mass is 358 g/mol. The fourth-order valence-electron chi connectivity index (χ4n) is 4.20. The van der Waals surface area contributed by atoms with Gasteiger partial charge in [-0.2, -0.15) is 0 Å². The third-order valence-corrected chi connectivity index (χ3v) is 5.82. The van der Waals surface area contributed by atoms with E-state index in [0.29, 0.717) is 24.4 Å². The number of rotatable bonds is 3. The van der Waals surface area contributed by atoms with Crippen molar-refractivity contribution < 1.29 is 19.1 Å². The van der Waals surface area contributed by atoms with Crippen LogP contribution in [-0.4, -0.2) is 43.2 Å². The van der Waals surface area contributed by atoms with E-state index in [1.54, 1.807) is 6.07 Å². The van der Waals surface area contributed by atoms with Gasteiger partial charge in [0, 0.05) is 19.1 Å². The standard InChI is InChI=1S/C20H26N2O4/c23-18(21-12-15-4-3-11-25-15)14-7-9-20(10-8-14)13-22-19(24)16-5-1-2-6-17(16)26-20/h1-2,5-6,14-15H,3-4,7-13H2,(H,21,23)(H,22,24). The molecule has 1 atom stereocenters. The van der Waals surface area contributed by atoms with Gasteiger partial charge in [-0.05, 0) is 50.7 Å². The first-order chi connectivity index (χ1) is 12.7. The van der Waals surface area contributed by atoms with E-state index in [4.69, 9.17) is 9.47 Å². The third kappa shape index (κ3) is 3.56. The summed E-state index contributed by atoms with van der Waals surface area (Å²) in [4.78, 5) is 24.7. The molecule has 4 rings (SSSR count). The zero-order valence-corrected chi connectivity index (χ0v) is 15.0. The molecule has 3 aliphatic rings. The maximum atomic E-state index is 12.5. The molecule has 2 amide bonds. The number of carbonyl (C=O) groups excluding carboxylic acids is 2.